The standard InChI is InChI=1S/C16H13F3N4O/c1-9-4-2-7-12-13(9)22-15(21-12)23(20)14(24)10-5-3-6-11(8-10)16(17,18)19/h2-8H,20H2,1H3,(H,21,22). The van der Waals surface area contributed by atoms with Crippen molar-refractivity contribution < 1.29 is 18.0 Å². The second kappa shape index (κ2) is 5.64. The Balaban J connectivity index is 1.95. The highest BCUT2D eigenvalue weighted by molar-refractivity contribution is 6.05. The number of anilines is 1. The van der Waals surface area contributed by atoms with Gasteiger partial charge in [0, 0.05) is 5.56 Å². The third-order valence-corrected chi connectivity index (χ3v) is 3.60. The van der Waals surface area contributed by atoms with Crippen molar-refractivity contribution in [2.75, 3.05) is 5.01 Å². The summed E-state index contributed by atoms with van der Waals surface area (Å²) in [6.07, 6.45) is -4.54. The lowest BCUT2D eigenvalue weighted by atomic mass is 10.1. The van der Waals surface area contributed by atoms with Gasteiger partial charge in [0.2, 0.25) is 5.95 Å². The van der Waals surface area contributed by atoms with Gasteiger partial charge >= 0.3 is 6.18 Å². The average molecular weight is 334 g/mol. The second-order valence-electron chi connectivity index (χ2n) is 5.28. The molecule has 0 saturated carbocycles. The summed E-state index contributed by atoms with van der Waals surface area (Å²) >= 11 is 0. The molecular formula is C16H13F3N4O. The predicted molar refractivity (Wildman–Crippen MR) is 83.3 cm³/mol. The summed E-state index contributed by atoms with van der Waals surface area (Å²) in [5.41, 5.74) is 1.13. The molecule has 0 atom stereocenters. The van der Waals surface area contributed by atoms with Gasteiger partial charge in [-0.1, -0.05) is 18.2 Å². The van der Waals surface area contributed by atoms with Crippen molar-refractivity contribution in [1.29, 1.82) is 0 Å². The minimum atomic E-state index is -4.54. The number of hydrazine groups is 1. The number of nitrogens with two attached hydrogens (primary N) is 1. The Morgan fingerprint density at radius 3 is 2.58 bits per heavy atom. The number of nitrogens with zero attached hydrogens (tertiary/aromatic N) is 2. The van der Waals surface area contributed by atoms with Crippen LogP contribution in [0.5, 0.6) is 0 Å². The van der Waals surface area contributed by atoms with Gasteiger partial charge in [0.15, 0.2) is 0 Å². The molecule has 0 aliphatic heterocycles. The molecule has 3 N–H and O–H groups in total. The third kappa shape index (κ3) is 2.83. The first-order valence-corrected chi connectivity index (χ1v) is 6.99. The van der Waals surface area contributed by atoms with E-state index in [2.05, 4.69) is 9.97 Å². The summed E-state index contributed by atoms with van der Waals surface area (Å²) in [5, 5.41) is 0.703. The summed E-state index contributed by atoms with van der Waals surface area (Å²) in [4.78, 5) is 19.5. The Morgan fingerprint density at radius 2 is 1.92 bits per heavy atom. The van der Waals surface area contributed by atoms with Crippen LogP contribution < -0.4 is 10.9 Å². The molecule has 2 aromatic carbocycles. The van der Waals surface area contributed by atoms with Gasteiger partial charge in [-0.15, -0.1) is 0 Å². The fourth-order valence-corrected chi connectivity index (χ4v) is 2.34. The molecule has 1 aromatic heterocycles. The van der Waals surface area contributed by atoms with Crippen LogP contribution >= 0.6 is 0 Å². The number of carbonyl (C=O) groups is 1. The Hall–Kier alpha value is -2.87. The molecule has 0 spiro atoms. The minimum Gasteiger partial charge on any atom is -0.322 e. The van der Waals surface area contributed by atoms with Crippen LogP contribution in [0.1, 0.15) is 21.5 Å². The van der Waals surface area contributed by atoms with Crippen molar-refractivity contribution >= 4 is 22.9 Å². The fourth-order valence-electron chi connectivity index (χ4n) is 2.34. The number of hydrogen-bond donors (Lipinski definition) is 2. The summed E-state index contributed by atoms with van der Waals surface area (Å²) in [5.74, 6) is 5.02. The van der Waals surface area contributed by atoms with Gasteiger partial charge in [0.25, 0.3) is 5.91 Å². The monoisotopic (exact) mass is 334 g/mol. The molecule has 0 aliphatic rings. The van der Waals surface area contributed by atoms with E-state index < -0.39 is 17.6 Å². The van der Waals surface area contributed by atoms with E-state index in [1.54, 1.807) is 12.1 Å². The summed E-state index contributed by atoms with van der Waals surface area (Å²) in [6.45, 7) is 1.86. The van der Waals surface area contributed by atoms with Gasteiger partial charge in [-0.3, -0.25) is 4.79 Å². The number of aromatic nitrogens is 2. The Morgan fingerprint density at radius 1 is 1.21 bits per heavy atom. The van der Waals surface area contributed by atoms with E-state index in [4.69, 9.17) is 5.84 Å². The lowest BCUT2D eigenvalue weighted by Gasteiger charge is -2.14. The van der Waals surface area contributed by atoms with Gasteiger partial charge < -0.3 is 4.98 Å². The molecule has 124 valence electrons. The highest BCUT2D eigenvalue weighted by Gasteiger charge is 2.31. The molecule has 1 heterocycles. The maximum absolute atomic E-state index is 12.8. The normalized spacial score (nSPS) is 11.7. The SMILES string of the molecule is Cc1cccc2nc(N(N)C(=O)c3cccc(C(F)(F)F)c3)[nH]c12. The average Bonchev–Trinajstić information content (AvgIpc) is 2.98. The van der Waals surface area contributed by atoms with E-state index >= 15 is 0 Å². The quantitative estimate of drug-likeness (QED) is 0.428. The number of aryl methyl sites for hydroxylation is 1. The number of nitrogens with one attached hydrogen (secondary N) is 1. The molecule has 0 radical (unpaired) electrons. The summed E-state index contributed by atoms with van der Waals surface area (Å²) < 4.78 is 38.3. The summed E-state index contributed by atoms with van der Waals surface area (Å²) in [6, 6.07) is 9.48. The van der Waals surface area contributed by atoms with Crippen LogP contribution in [0.15, 0.2) is 42.5 Å². The minimum absolute atomic E-state index is 0.0571. The number of H-pyrrole nitrogens is 1. The fraction of sp³-hybridized carbons (Fsp3) is 0.125. The number of alkyl halides is 3. The number of halogens is 3. The van der Waals surface area contributed by atoms with Crippen LogP contribution in [0.25, 0.3) is 11.0 Å². The number of imidazole rings is 1. The summed E-state index contributed by atoms with van der Waals surface area (Å²) in [7, 11) is 0. The van der Waals surface area contributed by atoms with Crippen LogP contribution in [0, 0.1) is 6.92 Å². The van der Waals surface area contributed by atoms with Gasteiger partial charge in [0.1, 0.15) is 0 Å². The van der Waals surface area contributed by atoms with E-state index in [0.29, 0.717) is 16.0 Å². The first-order valence-electron chi connectivity index (χ1n) is 6.99. The number of amides is 1. The Bertz CT molecular complexity index is 917. The van der Waals surface area contributed by atoms with Crippen LogP contribution in [-0.4, -0.2) is 15.9 Å². The number of hydrogen-bond acceptors (Lipinski definition) is 3. The molecule has 3 rings (SSSR count). The van der Waals surface area contributed by atoms with Crippen LogP contribution in [-0.2, 0) is 6.18 Å². The van der Waals surface area contributed by atoms with Crippen LogP contribution in [0.3, 0.4) is 0 Å². The van der Waals surface area contributed by atoms with E-state index in [-0.39, 0.29) is 11.5 Å². The molecule has 1 amide bonds. The zero-order valence-corrected chi connectivity index (χ0v) is 12.6. The largest absolute Gasteiger partial charge is 0.416 e. The Kier molecular flexibility index (Phi) is 3.76. The molecule has 24 heavy (non-hydrogen) atoms. The van der Waals surface area contributed by atoms with E-state index in [9.17, 15) is 18.0 Å². The highest BCUT2D eigenvalue weighted by Crippen LogP contribution is 2.30. The molecule has 8 heteroatoms. The van der Waals surface area contributed by atoms with E-state index in [1.807, 2.05) is 13.0 Å². The van der Waals surface area contributed by atoms with Crippen molar-refractivity contribution in [3.05, 3.63) is 59.2 Å². The molecule has 3 aromatic rings. The topological polar surface area (TPSA) is 75.0 Å². The first-order chi connectivity index (χ1) is 11.3. The maximum atomic E-state index is 12.8. The molecule has 0 saturated heterocycles. The smallest absolute Gasteiger partial charge is 0.322 e. The van der Waals surface area contributed by atoms with Crippen LogP contribution in [0.4, 0.5) is 19.1 Å². The van der Waals surface area contributed by atoms with Crippen molar-refractivity contribution in [1.82, 2.24) is 9.97 Å². The number of aromatic amines is 1. The molecule has 5 nitrogen and oxygen atoms in total. The highest BCUT2D eigenvalue weighted by atomic mass is 19.4. The molecular weight excluding hydrogens is 321 g/mol. The second-order valence-corrected chi connectivity index (χ2v) is 5.28. The van der Waals surface area contributed by atoms with Gasteiger partial charge in [-0.05, 0) is 36.8 Å². The predicted octanol–water partition coefficient (Wildman–Crippen LogP) is 3.41. The first kappa shape index (κ1) is 16.0. The van der Waals surface area contributed by atoms with Crippen LogP contribution in [0.2, 0.25) is 0 Å². The lowest BCUT2D eigenvalue weighted by Crippen LogP contribution is -2.38. The zero-order chi connectivity index (χ0) is 17.5. The number of rotatable bonds is 2. The van der Waals surface area contributed by atoms with Gasteiger partial charge in [0.05, 0.1) is 16.6 Å². The molecule has 0 unspecified atom stereocenters. The van der Waals surface area contributed by atoms with Crippen molar-refractivity contribution in [3.63, 3.8) is 0 Å². The van der Waals surface area contributed by atoms with Crippen molar-refractivity contribution in [3.8, 4) is 0 Å². The number of benzene rings is 2. The number of para-hydroxylation sites is 1. The maximum Gasteiger partial charge on any atom is 0.416 e. The number of fused-ring (bicyclic) bond motifs is 1. The third-order valence-electron chi connectivity index (χ3n) is 3.60. The molecule has 0 fully saturated rings. The number of carbonyl (C=O) groups excluding carboxylic acids is 1. The van der Waals surface area contributed by atoms with E-state index in [1.165, 1.54) is 6.07 Å². The molecule has 0 aliphatic carbocycles. The van der Waals surface area contributed by atoms with Gasteiger partial charge in [-0.2, -0.15) is 13.2 Å². The Labute approximate surface area is 134 Å². The van der Waals surface area contributed by atoms with E-state index in [0.717, 1.165) is 23.8 Å². The van der Waals surface area contributed by atoms with Crippen molar-refractivity contribution in [2.45, 2.75) is 13.1 Å². The molecule has 0 bridgehead atoms. The lowest BCUT2D eigenvalue weighted by molar-refractivity contribution is -0.137. The van der Waals surface area contributed by atoms with Crippen molar-refractivity contribution in [2.24, 2.45) is 5.84 Å². The van der Waals surface area contributed by atoms with Gasteiger partial charge in [-0.25, -0.2) is 15.8 Å². The zero-order valence-electron chi connectivity index (χ0n) is 12.6.